The van der Waals surface area contributed by atoms with Gasteiger partial charge in [-0.25, -0.2) is 0 Å². The first kappa shape index (κ1) is 16.2. The fourth-order valence-electron chi connectivity index (χ4n) is 1.77. The van der Waals surface area contributed by atoms with E-state index < -0.39 is 4.92 Å². The maximum Gasteiger partial charge on any atom is 0.269 e. The van der Waals surface area contributed by atoms with Crippen molar-refractivity contribution in [2.75, 3.05) is 0 Å². The van der Waals surface area contributed by atoms with Gasteiger partial charge in [0.1, 0.15) is 5.75 Å². The molecule has 0 spiro atoms. The number of hydrogen-bond donors (Lipinski definition) is 1. The number of oxime groups is 1. The number of phenolic OH excluding ortho intramolecular Hbond substituents is 1. The lowest BCUT2D eigenvalue weighted by Crippen LogP contribution is -2.06. The third kappa shape index (κ3) is 4.63. The molecule has 0 heterocycles. The smallest absolute Gasteiger partial charge is 0.269 e. The predicted molar refractivity (Wildman–Crippen MR) is 83.9 cm³/mol. The van der Waals surface area contributed by atoms with Crippen LogP contribution in [0.15, 0.2) is 53.7 Å². The van der Waals surface area contributed by atoms with Gasteiger partial charge in [-0.2, -0.15) is 0 Å². The molecule has 0 aliphatic rings. The number of non-ortho nitro benzene ring substituents is 1. The Kier molecular flexibility index (Phi) is 5.03. The van der Waals surface area contributed by atoms with E-state index in [0.29, 0.717) is 17.0 Å². The summed E-state index contributed by atoms with van der Waals surface area (Å²) in [6.07, 6.45) is 0.0672. The fourth-order valence-corrected chi connectivity index (χ4v) is 1.77. The highest BCUT2D eigenvalue weighted by Gasteiger charge is 2.08. The number of carbonyl (C=O) groups excluding carboxylic acids is 1. The highest BCUT2D eigenvalue weighted by atomic mass is 16.6. The van der Waals surface area contributed by atoms with Crippen LogP contribution in [0.25, 0.3) is 0 Å². The third-order valence-electron chi connectivity index (χ3n) is 2.96. The number of nitro benzene ring substituents is 1. The number of carbonyl (C=O) groups is 1. The van der Waals surface area contributed by atoms with Crippen molar-refractivity contribution < 1.29 is 19.7 Å². The van der Waals surface area contributed by atoms with Gasteiger partial charge < -0.3 is 9.94 Å². The van der Waals surface area contributed by atoms with Crippen molar-refractivity contribution >= 4 is 17.2 Å². The molecule has 2 aromatic carbocycles. The van der Waals surface area contributed by atoms with E-state index in [4.69, 9.17) is 4.84 Å². The van der Waals surface area contributed by atoms with Crippen molar-refractivity contribution in [3.8, 4) is 11.5 Å². The van der Waals surface area contributed by atoms with E-state index in [1.165, 1.54) is 48.5 Å². The van der Waals surface area contributed by atoms with Gasteiger partial charge in [-0.15, -0.1) is 0 Å². The minimum Gasteiger partial charge on any atom is -0.508 e. The van der Waals surface area contributed by atoms with E-state index in [1.807, 2.05) is 0 Å². The molecule has 2 rings (SSSR count). The largest absolute Gasteiger partial charge is 0.508 e. The van der Waals surface area contributed by atoms with Gasteiger partial charge in [-0.05, 0) is 43.3 Å². The van der Waals surface area contributed by atoms with Gasteiger partial charge in [0, 0.05) is 17.7 Å². The molecule has 0 aliphatic carbocycles. The molecule has 0 aromatic heterocycles. The summed E-state index contributed by atoms with van der Waals surface area (Å²) in [5.74, 6) is 0.277. The first-order valence-electron chi connectivity index (χ1n) is 6.73. The summed E-state index contributed by atoms with van der Waals surface area (Å²) in [4.78, 5) is 27.2. The number of phenols is 1. The second-order valence-corrected chi connectivity index (χ2v) is 4.82. The Balaban J connectivity index is 1.95. The van der Waals surface area contributed by atoms with Crippen LogP contribution in [0.2, 0.25) is 0 Å². The van der Waals surface area contributed by atoms with Crippen molar-refractivity contribution in [2.45, 2.75) is 13.3 Å². The molecule has 0 saturated heterocycles. The SMILES string of the molecule is C/C(CC(=O)c1ccc(O)cc1)=N\Oc1ccc([N+](=O)[O-])cc1. The van der Waals surface area contributed by atoms with Crippen molar-refractivity contribution in [1.29, 1.82) is 0 Å². The van der Waals surface area contributed by atoms with Crippen LogP contribution >= 0.6 is 0 Å². The summed E-state index contributed by atoms with van der Waals surface area (Å²) in [5.41, 5.74) is 0.884. The lowest BCUT2D eigenvalue weighted by Gasteiger charge is -2.02. The van der Waals surface area contributed by atoms with Crippen molar-refractivity contribution in [1.82, 2.24) is 0 Å². The summed E-state index contributed by atoms with van der Waals surface area (Å²) >= 11 is 0. The standard InChI is InChI=1S/C16H14N2O5/c1-11(10-16(20)12-2-6-14(19)7-3-12)17-23-15-8-4-13(5-9-15)18(21)22/h2-9,19H,10H2,1H3/b17-11+. The van der Waals surface area contributed by atoms with Crippen LogP contribution in [0, 0.1) is 10.1 Å². The molecule has 2 aromatic rings. The third-order valence-corrected chi connectivity index (χ3v) is 2.96. The van der Waals surface area contributed by atoms with E-state index >= 15 is 0 Å². The van der Waals surface area contributed by atoms with Gasteiger partial charge in [0.15, 0.2) is 11.5 Å². The molecule has 0 amide bonds. The summed E-state index contributed by atoms with van der Waals surface area (Å²) in [5, 5.41) is 23.6. The Bertz CT molecular complexity index is 736. The zero-order chi connectivity index (χ0) is 16.8. The molecule has 118 valence electrons. The van der Waals surface area contributed by atoms with Crippen molar-refractivity contribution in [3.63, 3.8) is 0 Å². The minimum absolute atomic E-state index is 0.0411. The van der Waals surface area contributed by atoms with Gasteiger partial charge >= 0.3 is 0 Å². The Morgan fingerprint density at radius 1 is 1.17 bits per heavy atom. The number of aromatic hydroxyl groups is 1. The highest BCUT2D eigenvalue weighted by molar-refractivity contribution is 6.08. The van der Waals surface area contributed by atoms with Gasteiger partial charge in [-0.1, -0.05) is 5.16 Å². The molecule has 1 N–H and O–H groups in total. The van der Waals surface area contributed by atoms with Crippen LogP contribution in [0.1, 0.15) is 23.7 Å². The number of benzene rings is 2. The lowest BCUT2D eigenvalue weighted by molar-refractivity contribution is -0.384. The first-order valence-corrected chi connectivity index (χ1v) is 6.73. The lowest BCUT2D eigenvalue weighted by atomic mass is 10.1. The molecule has 0 aliphatic heterocycles. The number of Topliss-reactive ketones (excluding diaryl/α,β-unsaturated/α-hetero) is 1. The second kappa shape index (κ2) is 7.17. The molecular weight excluding hydrogens is 300 g/mol. The number of ketones is 1. The van der Waals surface area contributed by atoms with Gasteiger partial charge in [0.05, 0.1) is 17.1 Å². The average Bonchev–Trinajstić information content (AvgIpc) is 2.54. The maximum absolute atomic E-state index is 12.0. The zero-order valence-electron chi connectivity index (χ0n) is 12.3. The van der Waals surface area contributed by atoms with E-state index in [9.17, 15) is 20.0 Å². The van der Waals surface area contributed by atoms with Crippen LogP contribution in [-0.2, 0) is 0 Å². The van der Waals surface area contributed by atoms with E-state index in [-0.39, 0.29) is 23.6 Å². The molecule has 0 unspecified atom stereocenters. The molecule has 0 bridgehead atoms. The number of hydrogen-bond acceptors (Lipinski definition) is 6. The quantitative estimate of drug-likeness (QED) is 0.381. The second-order valence-electron chi connectivity index (χ2n) is 4.82. The molecule has 7 heteroatoms. The summed E-state index contributed by atoms with van der Waals surface area (Å²) in [7, 11) is 0. The van der Waals surface area contributed by atoms with Crippen LogP contribution in [0.3, 0.4) is 0 Å². The Hall–Kier alpha value is -3.22. The zero-order valence-corrected chi connectivity index (χ0v) is 12.3. The molecule has 0 radical (unpaired) electrons. The molecule has 7 nitrogen and oxygen atoms in total. The molecule has 0 fully saturated rings. The van der Waals surface area contributed by atoms with Crippen LogP contribution in [0.5, 0.6) is 11.5 Å². The van der Waals surface area contributed by atoms with E-state index in [1.54, 1.807) is 6.92 Å². The van der Waals surface area contributed by atoms with E-state index in [2.05, 4.69) is 5.16 Å². The predicted octanol–water partition coefficient (Wildman–Crippen LogP) is 3.33. The summed E-state index contributed by atoms with van der Waals surface area (Å²) in [6, 6.07) is 11.4. The average molecular weight is 314 g/mol. The molecule has 0 atom stereocenters. The fraction of sp³-hybridized carbons (Fsp3) is 0.125. The van der Waals surface area contributed by atoms with Gasteiger partial charge in [0.25, 0.3) is 5.69 Å². The summed E-state index contributed by atoms with van der Waals surface area (Å²) < 4.78 is 0. The Labute approximate surface area is 132 Å². The Morgan fingerprint density at radius 3 is 2.35 bits per heavy atom. The maximum atomic E-state index is 12.0. The number of nitrogens with zero attached hydrogens (tertiary/aromatic N) is 2. The van der Waals surface area contributed by atoms with Gasteiger partial charge in [0.2, 0.25) is 0 Å². The number of rotatable bonds is 6. The first-order chi connectivity index (χ1) is 11.0. The van der Waals surface area contributed by atoms with Crippen LogP contribution < -0.4 is 4.84 Å². The van der Waals surface area contributed by atoms with E-state index in [0.717, 1.165) is 0 Å². The molecule has 23 heavy (non-hydrogen) atoms. The van der Waals surface area contributed by atoms with Crippen molar-refractivity contribution in [3.05, 3.63) is 64.2 Å². The monoisotopic (exact) mass is 314 g/mol. The summed E-state index contributed by atoms with van der Waals surface area (Å²) in [6.45, 7) is 1.64. The normalized spacial score (nSPS) is 11.1. The minimum atomic E-state index is -0.505. The van der Waals surface area contributed by atoms with Crippen LogP contribution in [0.4, 0.5) is 5.69 Å². The Morgan fingerprint density at radius 2 is 1.78 bits per heavy atom. The number of nitro groups is 1. The van der Waals surface area contributed by atoms with Crippen LogP contribution in [-0.4, -0.2) is 21.5 Å². The van der Waals surface area contributed by atoms with Crippen molar-refractivity contribution in [2.24, 2.45) is 5.16 Å². The van der Waals surface area contributed by atoms with Gasteiger partial charge in [-0.3, -0.25) is 14.9 Å². The molecule has 0 saturated carbocycles. The molecular formula is C16H14N2O5. The topological polar surface area (TPSA) is 102 Å². The highest BCUT2D eigenvalue weighted by Crippen LogP contribution is 2.17.